The smallest absolute Gasteiger partial charge is 0.338 e. The molecule has 2 heterocycles. The molecule has 126 valence electrons. The fourth-order valence-electron chi connectivity index (χ4n) is 2.33. The fraction of sp³-hybridized carbons (Fsp3) is 0.588. The number of Topliss-reactive ketones (excluding diaryl/α,β-unsaturated/α-hetero) is 1. The average molecular weight is 321 g/mol. The zero-order valence-corrected chi connectivity index (χ0v) is 13.6. The molecule has 0 bridgehead atoms. The van der Waals surface area contributed by atoms with Crippen molar-refractivity contribution in [2.75, 3.05) is 26.4 Å². The summed E-state index contributed by atoms with van der Waals surface area (Å²) < 4.78 is 9.89. The van der Waals surface area contributed by atoms with E-state index in [4.69, 9.17) is 9.47 Å². The molecule has 23 heavy (non-hydrogen) atoms. The second-order valence-electron chi connectivity index (χ2n) is 5.94. The van der Waals surface area contributed by atoms with Gasteiger partial charge in [-0.15, -0.1) is 0 Å². The number of carboxylic acids is 1. The van der Waals surface area contributed by atoms with E-state index in [0.717, 1.165) is 39.3 Å². The standard InChI is InChI=1S/C13H15NO3.C4H8O2/c1-7(2)12(15)9-5-6-14-11(8-3-4-8)10(9)13(16)17;1-2-6-4-3-5-1/h5-8H,3-4H2,1-2H3,(H,16,17);1-4H2. The maximum Gasteiger partial charge on any atom is 0.338 e. The number of aromatic nitrogens is 1. The second-order valence-corrected chi connectivity index (χ2v) is 5.94. The van der Waals surface area contributed by atoms with Crippen molar-refractivity contribution in [1.29, 1.82) is 0 Å². The van der Waals surface area contributed by atoms with E-state index in [0.29, 0.717) is 11.3 Å². The van der Waals surface area contributed by atoms with Gasteiger partial charge in [0.1, 0.15) is 0 Å². The van der Waals surface area contributed by atoms with Crippen LogP contribution in [0, 0.1) is 5.92 Å². The van der Waals surface area contributed by atoms with E-state index in [1.807, 2.05) is 0 Å². The Hall–Kier alpha value is -1.79. The van der Waals surface area contributed by atoms with Crippen molar-refractivity contribution in [3.05, 3.63) is 29.1 Å². The van der Waals surface area contributed by atoms with Gasteiger partial charge in [0.05, 0.1) is 37.7 Å². The number of rotatable bonds is 4. The summed E-state index contributed by atoms with van der Waals surface area (Å²) >= 11 is 0. The van der Waals surface area contributed by atoms with Crippen molar-refractivity contribution < 1.29 is 24.2 Å². The van der Waals surface area contributed by atoms with Crippen molar-refractivity contribution in [3.8, 4) is 0 Å². The van der Waals surface area contributed by atoms with Crippen LogP contribution in [0.1, 0.15) is 59.0 Å². The van der Waals surface area contributed by atoms with E-state index >= 15 is 0 Å². The molecule has 1 saturated heterocycles. The summed E-state index contributed by atoms with van der Waals surface area (Å²) in [5.74, 6) is -1.17. The Balaban J connectivity index is 0.000000268. The number of pyridine rings is 1. The fourth-order valence-corrected chi connectivity index (χ4v) is 2.33. The van der Waals surface area contributed by atoms with Crippen LogP contribution < -0.4 is 0 Å². The molecule has 3 rings (SSSR count). The monoisotopic (exact) mass is 321 g/mol. The van der Waals surface area contributed by atoms with E-state index in [9.17, 15) is 14.7 Å². The Bertz CT molecular complexity index is 551. The van der Waals surface area contributed by atoms with Crippen LogP contribution in [-0.4, -0.2) is 48.3 Å². The highest BCUT2D eigenvalue weighted by Crippen LogP contribution is 2.41. The summed E-state index contributed by atoms with van der Waals surface area (Å²) in [7, 11) is 0. The van der Waals surface area contributed by atoms with Gasteiger partial charge >= 0.3 is 5.97 Å². The number of ether oxygens (including phenoxy) is 2. The molecule has 6 nitrogen and oxygen atoms in total. The number of aromatic carboxylic acids is 1. The highest BCUT2D eigenvalue weighted by atomic mass is 16.6. The minimum atomic E-state index is -1.05. The molecule has 1 saturated carbocycles. The number of carboxylic acid groups (broad SMARTS) is 1. The van der Waals surface area contributed by atoms with Gasteiger partial charge in [0.2, 0.25) is 0 Å². The van der Waals surface area contributed by atoms with Crippen LogP contribution in [0.2, 0.25) is 0 Å². The van der Waals surface area contributed by atoms with E-state index in [1.54, 1.807) is 13.8 Å². The largest absolute Gasteiger partial charge is 0.478 e. The summed E-state index contributed by atoms with van der Waals surface area (Å²) in [4.78, 5) is 27.4. The van der Waals surface area contributed by atoms with Crippen LogP contribution in [0.3, 0.4) is 0 Å². The molecule has 1 aromatic rings. The van der Waals surface area contributed by atoms with Crippen molar-refractivity contribution in [1.82, 2.24) is 4.98 Å². The van der Waals surface area contributed by atoms with Crippen LogP contribution >= 0.6 is 0 Å². The summed E-state index contributed by atoms with van der Waals surface area (Å²) in [6.07, 6.45) is 3.47. The topological polar surface area (TPSA) is 85.7 Å². The Morgan fingerprint density at radius 2 is 1.74 bits per heavy atom. The van der Waals surface area contributed by atoms with Crippen molar-refractivity contribution in [2.45, 2.75) is 32.6 Å². The highest BCUT2D eigenvalue weighted by Gasteiger charge is 2.32. The molecular weight excluding hydrogens is 298 g/mol. The molecule has 1 aliphatic heterocycles. The molecule has 2 aliphatic rings. The molecular formula is C17H23NO5. The Labute approximate surface area is 135 Å². The SMILES string of the molecule is C1COCCO1.CC(C)C(=O)c1ccnc(C2CC2)c1C(=O)O. The first kappa shape index (κ1) is 17.6. The third-order valence-electron chi connectivity index (χ3n) is 3.69. The van der Waals surface area contributed by atoms with Crippen LogP contribution in [-0.2, 0) is 9.47 Å². The quantitative estimate of drug-likeness (QED) is 0.858. The predicted octanol–water partition coefficient (Wildman–Crippen LogP) is 2.53. The molecule has 1 aromatic heterocycles. The lowest BCUT2D eigenvalue weighted by Crippen LogP contribution is -2.16. The van der Waals surface area contributed by atoms with Crippen LogP contribution in [0.25, 0.3) is 0 Å². The first-order valence-corrected chi connectivity index (χ1v) is 7.94. The summed E-state index contributed by atoms with van der Waals surface area (Å²) in [6, 6.07) is 1.51. The second kappa shape index (κ2) is 8.17. The number of ketones is 1. The first-order chi connectivity index (χ1) is 11.0. The number of hydrogen-bond acceptors (Lipinski definition) is 5. The summed E-state index contributed by atoms with van der Waals surface area (Å²) in [6.45, 7) is 6.65. The molecule has 0 radical (unpaired) electrons. The molecule has 0 atom stereocenters. The van der Waals surface area contributed by atoms with Gasteiger partial charge in [-0.05, 0) is 18.9 Å². The number of carbonyl (C=O) groups is 2. The van der Waals surface area contributed by atoms with Gasteiger partial charge in [0.15, 0.2) is 5.78 Å². The lowest BCUT2D eigenvalue weighted by Gasteiger charge is -2.10. The van der Waals surface area contributed by atoms with Crippen LogP contribution in [0.5, 0.6) is 0 Å². The van der Waals surface area contributed by atoms with Crippen molar-refractivity contribution >= 4 is 11.8 Å². The Morgan fingerprint density at radius 3 is 2.13 bits per heavy atom. The van der Waals surface area contributed by atoms with Gasteiger partial charge in [-0.25, -0.2) is 4.79 Å². The normalized spacial score (nSPS) is 17.3. The number of carbonyl (C=O) groups excluding carboxylic acids is 1. The molecule has 6 heteroatoms. The molecule has 0 aromatic carbocycles. The Kier molecular flexibility index (Phi) is 6.24. The van der Waals surface area contributed by atoms with Crippen LogP contribution in [0.15, 0.2) is 12.3 Å². The highest BCUT2D eigenvalue weighted by molar-refractivity contribution is 6.07. The minimum absolute atomic E-state index is 0.105. The maximum absolute atomic E-state index is 12.0. The van der Waals surface area contributed by atoms with Gasteiger partial charge in [0.25, 0.3) is 0 Å². The summed E-state index contributed by atoms with van der Waals surface area (Å²) in [5.41, 5.74) is 0.974. The third-order valence-corrected chi connectivity index (χ3v) is 3.69. The molecule has 1 aliphatic carbocycles. The van der Waals surface area contributed by atoms with E-state index in [1.165, 1.54) is 12.3 Å². The van der Waals surface area contributed by atoms with Gasteiger partial charge < -0.3 is 14.6 Å². The van der Waals surface area contributed by atoms with Gasteiger partial charge in [-0.2, -0.15) is 0 Å². The van der Waals surface area contributed by atoms with E-state index < -0.39 is 5.97 Å². The average Bonchev–Trinajstić information content (AvgIpc) is 3.40. The van der Waals surface area contributed by atoms with E-state index in [2.05, 4.69) is 4.98 Å². The lowest BCUT2D eigenvalue weighted by atomic mass is 9.95. The first-order valence-electron chi connectivity index (χ1n) is 7.94. The number of nitrogens with zero attached hydrogens (tertiary/aromatic N) is 1. The molecule has 2 fully saturated rings. The maximum atomic E-state index is 12.0. The molecule has 0 spiro atoms. The minimum Gasteiger partial charge on any atom is -0.478 e. The predicted molar refractivity (Wildman–Crippen MR) is 84.0 cm³/mol. The zero-order chi connectivity index (χ0) is 16.8. The van der Waals surface area contributed by atoms with E-state index in [-0.39, 0.29) is 23.2 Å². The Morgan fingerprint density at radius 1 is 1.17 bits per heavy atom. The van der Waals surface area contributed by atoms with Crippen LogP contribution in [0.4, 0.5) is 0 Å². The third kappa shape index (κ3) is 4.84. The summed E-state index contributed by atoms with van der Waals surface area (Å²) in [5, 5.41) is 9.26. The van der Waals surface area contributed by atoms with Gasteiger partial charge in [0, 0.05) is 23.6 Å². The number of hydrogen-bond donors (Lipinski definition) is 1. The van der Waals surface area contributed by atoms with Crippen molar-refractivity contribution in [2.24, 2.45) is 5.92 Å². The molecule has 0 unspecified atom stereocenters. The van der Waals surface area contributed by atoms with Gasteiger partial charge in [-0.3, -0.25) is 9.78 Å². The van der Waals surface area contributed by atoms with Crippen molar-refractivity contribution in [3.63, 3.8) is 0 Å². The molecule has 0 amide bonds. The van der Waals surface area contributed by atoms with Gasteiger partial charge in [-0.1, -0.05) is 13.8 Å². The lowest BCUT2D eigenvalue weighted by molar-refractivity contribution is -0.0334. The molecule has 1 N–H and O–H groups in total. The zero-order valence-electron chi connectivity index (χ0n) is 13.6.